The van der Waals surface area contributed by atoms with Crippen molar-refractivity contribution in [1.82, 2.24) is 15.1 Å². The quantitative estimate of drug-likeness (QED) is 0.378. The number of hydrogen-bond donors (Lipinski definition) is 1. The molecule has 28 heavy (non-hydrogen) atoms. The molecule has 1 N–H and O–H groups in total. The van der Waals surface area contributed by atoms with Gasteiger partial charge in [0, 0.05) is 46.5 Å². The normalized spacial score (nSPS) is 16.0. The zero-order valence-corrected chi connectivity index (χ0v) is 18.1. The molecule has 1 aliphatic heterocycles. The van der Waals surface area contributed by atoms with Crippen LogP contribution in [-0.2, 0) is 22.6 Å². The van der Waals surface area contributed by atoms with Gasteiger partial charge in [-0.2, -0.15) is 0 Å². The van der Waals surface area contributed by atoms with E-state index in [0.29, 0.717) is 12.6 Å². The Balaban J connectivity index is 1.83. The molecule has 1 aliphatic rings. The second-order valence-corrected chi connectivity index (χ2v) is 7.63. The molecule has 0 atom stereocenters. The molecule has 0 saturated carbocycles. The Bertz CT molecular complexity index is 566. The highest BCUT2D eigenvalue weighted by Gasteiger charge is 2.21. The Morgan fingerprint density at radius 2 is 1.82 bits per heavy atom. The lowest BCUT2D eigenvalue weighted by atomic mass is 10.1. The molecule has 0 radical (unpaired) electrons. The van der Waals surface area contributed by atoms with Gasteiger partial charge in [0.25, 0.3) is 0 Å². The minimum atomic E-state index is 0.361. The van der Waals surface area contributed by atoms with Gasteiger partial charge in [-0.15, -0.1) is 0 Å². The van der Waals surface area contributed by atoms with Crippen LogP contribution in [0.5, 0.6) is 0 Å². The average Bonchev–Trinajstić information content (AvgIpc) is 2.70. The highest BCUT2D eigenvalue weighted by Crippen LogP contribution is 2.15. The fourth-order valence-corrected chi connectivity index (χ4v) is 3.39. The van der Waals surface area contributed by atoms with Crippen molar-refractivity contribution in [3.8, 4) is 0 Å². The first-order chi connectivity index (χ1) is 13.6. The Labute approximate surface area is 170 Å². The molecular weight excluding hydrogens is 352 g/mol. The lowest BCUT2D eigenvalue weighted by Crippen LogP contribution is -2.47. The molecule has 1 aromatic rings. The van der Waals surface area contributed by atoms with Crippen molar-refractivity contribution >= 4 is 5.96 Å². The largest absolute Gasteiger partial charge is 0.385 e. The van der Waals surface area contributed by atoms with Crippen LogP contribution in [0.2, 0.25) is 0 Å². The van der Waals surface area contributed by atoms with Crippen LogP contribution in [0.3, 0.4) is 0 Å². The molecule has 0 aliphatic carbocycles. The molecule has 0 aromatic heterocycles. The van der Waals surface area contributed by atoms with Gasteiger partial charge in [-0.25, -0.2) is 4.99 Å². The molecule has 0 bridgehead atoms. The number of nitrogens with zero attached hydrogens (tertiary/aromatic N) is 3. The summed E-state index contributed by atoms with van der Waals surface area (Å²) >= 11 is 0. The monoisotopic (exact) mass is 390 g/mol. The van der Waals surface area contributed by atoms with Crippen molar-refractivity contribution in [3.05, 3.63) is 35.4 Å². The third-order valence-corrected chi connectivity index (χ3v) is 4.86. The van der Waals surface area contributed by atoms with Crippen LogP contribution >= 0.6 is 0 Å². The Morgan fingerprint density at radius 3 is 2.43 bits per heavy atom. The van der Waals surface area contributed by atoms with E-state index in [9.17, 15) is 0 Å². The first kappa shape index (κ1) is 22.7. The highest BCUT2D eigenvalue weighted by atomic mass is 16.5. The van der Waals surface area contributed by atoms with Crippen molar-refractivity contribution in [2.24, 2.45) is 4.99 Å². The van der Waals surface area contributed by atoms with Crippen molar-refractivity contribution in [3.63, 3.8) is 0 Å². The van der Waals surface area contributed by atoms with Gasteiger partial charge < -0.3 is 24.6 Å². The summed E-state index contributed by atoms with van der Waals surface area (Å²) in [5, 5.41) is 3.45. The third-order valence-electron chi connectivity index (χ3n) is 4.86. The van der Waals surface area contributed by atoms with Crippen molar-refractivity contribution < 1.29 is 9.47 Å². The topological polar surface area (TPSA) is 49.3 Å². The molecule has 1 heterocycles. The number of nitrogens with one attached hydrogen (secondary N) is 1. The average molecular weight is 391 g/mol. The van der Waals surface area contributed by atoms with Gasteiger partial charge in [-0.05, 0) is 51.4 Å². The van der Waals surface area contributed by atoms with E-state index in [0.717, 1.165) is 64.6 Å². The summed E-state index contributed by atoms with van der Waals surface area (Å²) < 4.78 is 11.0. The molecule has 1 aromatic carbocycles. The minimum Gasteiger partial charge on any atom is -0.385 e. The maximum atomic E-state index is 5.97. The number of rotatable bonds is 10. The van der Waals surface area contributed by atoms with E-state index in [1.165, 1.54) is 11.1 Å². The third kappa shape index (κ3) is 8.17. The smallest absolute Gasteiger partial charge is 0.194 e. The number of guanidine groups is 1. The van der Waals surface area contributed by atoms with Crippen LogP contribution in [0.15, 0.2) is 29.3 Å². The number of hydrogen-bond acceptors (Lipinski definition) is 4. The zero-order chi connectivity index (χ0) is 20.2. The Kier molecular flexibility index (Phi) is 10.3. The van der Waals surface area contributed by atoms with Crippen LogP contribution in [0.25, 0.3) is 0 Å². The van der Waals surface area contributed by atoms with E-state index in [-0.39, 0.29) is 0 Å². The summed E-state index contributed by atoms with van der Waals surface area (Å²) in [5.74, 6) is 1.01. The summed E-state index contributed by atoms with van der Waals surface area (Å²) in [6, 6.07) is 8.77. The van der Waals surface area contributed by atoms with Crippen LogP contribution < -0.4 is 5.32 Å². The molecule has 2 rings (SSSR count). The van der Waals surface area contributed by atoms with E-state index in [2.05, 4.69) is 60.4 Å². The van der Waals surface area contributed by atoms with Gasteiger partial charge in [-0.1, -0.05) is 24.3 Å². The zero-order valence-electron chi connectivity index (χ0n) is 18.1. The van der Waals surface area contributed by atoms with Crippen LogP contribution in [0, 0.1) is 0 Å². The summed E-state index contributed by atoms with van der Waals surface area (Å²) in [5.41, 5.74) is 2.58. The van der Waals surface area contributed by atoms with E-state index in [1.807, 2.05) is 0 Å². The summed E-state index contributed by atoms with van der Waals surface area (Å²) in [6.45, 7) is 8.21. The van der Waals surface area contributed by atoms with Crippen LogP contribution in [-0.4, -0.2) is 75.9 Å². The van der Waals surface area contributed by atoms with Gasteiger partial charge in [0.15, 0.2) is 5.96 Å². The SMILES string of the molecule is CCNC(=NCc1ccc(CN(C)C)cc1)N1CCC(OCCCOC)CC1. The van der Waals surface area contributed by atoms with Crippen molar-refractivity contribution in [1.29, 1.82) is 0 Å². The fourth-order valence-electron chi connectivity index (χ4n) is 3.39. The lowest BCUT2D eigenvalue weighted by molar-refractivity contribution is 0.00990. The molecule has 0 unspecified atom stereocenters. The summed E-state index contributed by atoms with van der Waals surface area (Å²) in [6.07, 6.45) is 3.43. The van der Waals surface area contributed by atoms with E-state index >= 15 is 0 Å². The molecule has 158 valence electrons. The number of ether oxygens (including phenoxy) is 2. The minimum absolute atomic E-state index is 0.361. The maximum Gasteiger partial charge on any atom is 0.194 e. The predicted molar refractivity (Wildman–Crippen MR) is 116 cm³/mol. The molecular formula is C22H38N4O2. The first-order valence-electron chi connectivity index (χ1n) is 10.5. The number of benzene rings is 1. The van der Waals surface area contributed by atoms with Crippen molar-refractivity contribution in [2.75, 3.05) is 54.1 Å². The van der Waals surface area contributed by atoms with Crippen LogP contribution in [0.1, 0.15) is 37.3 Å². The Hall–Kier alpha value is -1.63. The fraction of sp³-hybridized carbons (Fsp3) is 0.682. The molecule has 6 nitrogen and oxygen atoms in total. The molecule has 0 amide bonds. The molecule has 1 fully saturated rings. The highest BCUT2D eigenvalue weighted by molar-refractivity contribution is 5.80. The van der Waals surface area contributed by atoms with Gasteiger partial charge in [0.2, 0.25) is 0 Å². The van der Waals surface area contributed by atoms with Gasteiger partial charge in [-0.3, -0.25) is 0 Å². The van der Waals surface area contributed by atoms with Crippen LogP contribution in [0.4, 0.5) is 0 Å². The van der Waals surface area contributed by atoms with Crippen molar-refractivity contribution in [2.45, 2.75) is 45.4 Å². The van der Waals surface area contributed by atoms with Gasteiger partial charge in [0.05, 0.1) is 12.6 Å². The number of piperidine rings is 1. The number of aliphatic imine (C=N–C) groups is 1. The van der Waals surface area contributed by atoms with Gasteiger partial charge >= 0.3 is 0 Å². The first-order valence-corrected chi connectivity index (χ1v) is 10.5. The van der Waals surface area contributed by atoms with Gasteiger partial charge in [0.1, 0.15) is 0 Å². The maximum absolute atomic E-state index is 5.97. The predicted octanol–water partition coefficient (Wildman–Crippen LogP) is 2.73. The second kappa shape index (κ2) is 12.8. The lowest BCUT2D eigenvalue weighted by Gasteiger charge is -2.34. The van der Waals surface area contributed by atoms with E-state index in [1.54, 1.807) is 7.11 Å². The molecule has 1 saturated heterocycles. The van der Waals surface area contributed by atoms with E-state index < -0.39 is 0 Å². The number of methoxy groups -OCH3 is 1. The second-order valence-electron chi connectivity index (χ2n) is 7.63. The summed E-state index contributed by atoms with van der Waals surface area (Å²) in [4.78, 5) is 9.42. The molecule has 6 heteroatoms. The standard InChI is InChI=1S/C22H38N4O2/c1-5-23-22(24-17-19-7-9-20(10-8-19)18-25(2)3)26-13-11-21(12-14-26)28-16-6-15-27-4/h7-10,21H,5-6,11-18H2,1-4H3,(H,23,24). The summed E-state index contributed by atoms with van der Waals surface area (Å²) in [7, 11) is 5.92. The van der Waals surface area contributed by atoms with E-state index in [4.69, 9.17) is 14.5 Å². The molecule has 0 spiro atoms. The Morgan fingerprint density at radius 1 is 1.14 bits per heavy atom. The number of likely N-dealkylation sites (tertiary alicyclic amines) is 1.